The number of nitrogens with zero attached hydrogens (tertiary/aromatic N) is 4. The molecular weight excluding hydrogens is 551 g/mol. The van der Waals surface area contributed by atoms with Crippen LogP contribution in [0.5, 0.6) is 0 Å². The molecule has 0 saturated carbocycles. The second-order valence-corrected chi connectivity index (χ2v) is 11.4. The lowest BCUT2D eigenvalue weighted by atomic mass is 9.96. The number of pyridine rings is 1. The lowest BCUT2D eigenvalue weighted by molar-refractivity contribution is -0.148. The zero-order valence-electron chi connectivity index (χ0n) is 22.7. The predicted molar refractivity (Wildman–Crippen MR) is 157 cm³/mol. The van der Waals surface area contributed by atoms with Gasteiger partial charge in [0.25, 0.3) is 11.5 Å². The first-order chi connectivity index (χ1) is 19.2. The van der Waals surface area contributed by atoms with E-state index in [2.05, 4.69) is 6.07 Å². The quantitative estimate of drug-likeness (QED) is 0.250. The van der Waals surface area contributed by atoms with Gasteiger partial charge in [-0.25, -0.2) is 4.39 Å². The number of amides is 1. The van der Waals surface area contributed by atoms with Crippen LogP contribution in [0.25, 0.3) is 6.08 Å². The Hall–Kier alpha value is -3.49. The van der Waals surface area contributed by atoms with E-state index < -0.39 is 5.56 Å². The van der Waals surface area contributed by atoms with Crippen LogP contribution in [0, 0.1) is 30.0 Å². The van der Waals surface area contributed by atoms with Gasteiger partial charge in [-0.15, -0.1) is 0 Å². The van der Waals surface area contributed by atoms with Crippen LogP contribution in [0.3, 0.4) is 0 Å². The SMILES string of the molecule is CCCn1c(N2CCCC(C(=O)OCC)C2)c(/C=C2/SC(=S)N(Cc3ccc(F)cc3)C2=O)c(C)c(C#N)c1=O. The van der Waals surface area contributed by atoms with Gasteiger partial charge in [-0.3, -0.25) is 23.9 Å². The zero-order chi connectivity index (χ0) is 29.0. The van der Waals surface area contributed by atoms with Gasteiger partial charge in [0.15, 0.2) is 0 Å². The maximum absolute atomic E-state index is 13.5. The Balaban J connectivity index is 1.80. The molecule has 1 amide bonds. The molecule has 210 valence electrons. The first-order valence-electron chi connectivity index (χ1n) is 13.3. The molecule has 0 spiro atoms. The van der Waals surface area contributed by atoms with Crippen LogP contribution in [-0.4, -0.2) is 45.4 Å². The third-order valence-electron chi connectivity index (χ3n) is 7.04. The molecule has 2 saturated heterocycles. The van der Waals surface area contributed by atoms with Crippen molar-refractivity contribution >= 4 is 52.1 Å². The minimum absolute atomic E-state index is 0.0178. The molecule has 1 aromatic heterocycles. The molecule has 2 aromatic rings. The largest absolute Gasteiger partial charge is 0.466 e. The van der Waals surface area contributed by atoms with Crippen molar-refractivity contribution in [3.8, 4) is 6.07 Å². The summed E-state index contributed by atoms with van der Waals surface area (Å²) >= 11 is 6.66. The second kappa shape index (κ2) is 12.8. The summed E-state index contributed by atoms with van der Waals surface area (Å²) in [6.07, 6.45) is 3.76. The van der Waals surface area contributed by atoms with Crippen molar-refractivity contribution in [1.29, 1.82) is 5.26 Å². The lowest BCUT2D eigenvalue weighted by Gasteiger charge is -2.36. The fourth-order valence-corrected chi connectivity index (χ4v) is 6.31. The molecule has 0 bridgehead atoms. The first kappa shape index (κ1) is 29.5. The number of nitriles is 1. The molecule has 8 nitrogen and oxygen atoms in total. The predicted octanol–water partition coefficient (Wildman–Crippen LogP) is 4.76. The summed E-state index contributed by atoms with van der Waals surface area (Å²) in [6.45, 7) is 7.24. The average molecular weight is 583 g/mol. The van der Waals surface area contributed by atoms with E-state index in [0.29, 0.717) is 58.6 Å². The summed E-state index contributed by atoms with van der Waals surface area (Å²) in [5.74, 6) is -0.710. The minimum atomic E-state index is -0.392. The Morgan fingerprint density at radius 2 is 2.00 bits per heavy atom. The van der Waals surface area contributed by atoms with Crippen molar-refractivity contribution in [3.05, 3.63) is 67.6 Å². The number of esters is 1. The monoisotopic (exact) mass is 582 g/mol. The van der Waals surface area contributed by atoms with Gasteiger partial charge in [0, 0.05) is 25.2 Å². The molecule has 1 unspecified atom stereocenters. The molecule has 2 aliphatic rings. The molecule has 11 heteroatoms. The summed E-state index contributed by atoms with van der Waals surface area (Å²) < 4.78 is 20.6. The van der Waals surface area contributed by atoms with E-state index >= 15 is 0 Å². The number of anilines is 1. The summed E-state index contributed by atoms with van der Waals surface area (Å²) in [5.41, 5.74) is 1.41. The zero-order valence-corrected chi connectivity index (χ0v) is 24.4. The van der Waals surface area contributed by atoms with Crippen molar-refractivity contribution in [1.82, 2.24) is 9.47 Å². The smallest absolute Gasteiger partial charge is 0.310 e. The summed E-state index contributed by atoms with van der Waals surface area (Å²) in [5, 5.41) is 9.89. The molecule has 1 atom stereocenters. The number of aromatic nitrogens is 1. The van der Waals surface area contributed by atoms with E-state index in [4.69, 9.17) is 17.0 Å². The van der Waals surface area contributed by atoms with Crippen molar-refractivity contribution in [2.75, 3.05) is 24.6 Å². The fourth-order valence-electron chi connectivity index (χ4n) is 5.08. The minimum Gasteiger partial charge on any atom is -0.466 e. The summed E-state index contributed by atoms with van der Waals surface area (Å²) in [4.78, 5) is 43.4. The number of ether oxygens (including phenoxy) is 1. The lowest BCUT2D eigenvalue weighted by Crippen LogP contribution is -2.43. The van der Waals surface area contributed by atoms with Crippen molar-refractivity contribution in [2.24, 2.45) is 5.92 Å². The highest BCUT2D eigenvalue weighted by molar-refractivity contribution is 8.26. The topological polar surface area (TPSA) is 95.6 Å². The number of thioether (sulfide) groups is 1. The molecule has 1 aromatic carbocycles. The van der Waals surface area contributed by atoms with Gasteiger partial charge in [-0.2, -0.15) is 5.26 Å². The molecular formula is C29H31FN4O4S2. The van der Waals surface area contributed by atoms with Crippen LogP contribution in [0.4, 0.5) is 10.2 Å². The summed E-state index contributed by atoms with van der Waals surface area (Å²) in [7, 11) is 0. The van der Waals surface area contributed by atoms with Gasteiger partial charge in [0.05, 0.1) is 24.0 Å². The number of benzene rings is 1. The Bertz CT molecular complexity index is 1460. The van der Waals surface area contributed by atoms with Gasteiger partial charge in [0.2, 0.25) is 0 Å². The van der Waals surface area contributed by atoms with Crippen molar-refractivity contribution in [3.63, 3.8) is 0 Å². The van der Waals surface area contributed by atoms with Crippen LogP contribution in [0.2, 0.25) is 0 Å². The second-order valence-electron chi connectivity index (χ2n) is 9.74. The number of hydrogen-bond donors (Lipinski definition) is 0. The molecule has 0 N–H and O–H groups in total. The van der Waals surface area contributed by atoms with Crippen LogP contribution >= 0.6 is 24.0 Å². The Labute approximate surface area is 242 Å². The third kappa shape index (κ3) is 5.98. The van der Waals surface area contributed by atoms with Gasteiger partial charge >= 0.3 is 5.97 Å². The van der Waals surface area contributed by atoms with E-state index in [-0.39, 0.29) is 42.3 Å². The number of hydrogen-bond acceptors (Lipinski definition) is 8. The maximum atomic E-state index is 13.5. The normalized spacial score (nSPS) is 18.4. The van der Waals surface area contributed by atoms with Gasteiger partial charge in [-0.1, -0.05) is 43.0 Å². The van der Waals surface area contributed by atoms with Crippen LogP contribution < -0.4 is 10.5 Å². The Morgan fingerprint density at radius 1 is 1.27 bits per heavy atom. The highest BCUT2D eigenvalue weighted by atomic mass is 32.2. The molecule has 3 heterocycles. The third-order valence-corrected chi connectivity index (χ3v) is 8.42. The van der Waals surface area contributed by atoms with Gasteiger partial charge < -0.3 is 9.64 Å². The van der Waals surface area contributed by atoms with E-state index in [9.17, 15) is 24.0 Å². The van der Waals surface area contributed by atoms with Gasteiger partial charge in [-0.05, 0) is 62.4 Å². The molecule has 40 heavy (non-hydrogen) atoms. The highest BCUT2D eigenvalue weighted by Gasteiger charge is 2.35. The maximum Gasteiger partial charge on any atom is 0.310 e. The number of piperidine rings is 1. The van der Waals surface area contributed by atoms with Crippen LogP contribution in [0.1, 0.15) is 55.4 Å². The number of carbonyl (C=O) groups is 2. The molecule has 0 aliphatic carbocycles. The highest BCUT2D eigenvalue weighted by Crippen LogP contribution is 2.37. The van der Waals surface area contributed by atoms with Crippen molar-refractivity contribution < 1.29 is 18.7 Å². The number of rotatable bonds is 8. The van der Waals surface area contributed by atoms with Crippen LogP contribution in [0.15, 0.2) is 34.0 Å². The fraction of sp³-hybridized carbons (Fsp3) is 0.414. The number of halogens is 1. The Kier molecular flexibility index (Phi) is 9.43. The van der Waals surface area contributed by atoms with Crippen LogP contribution in [-0.2, 0) is 27.4 Å². The van der Waals surface area contributed by atoms with Gasteiger partial charge in [0.1, 0.15) is 27.6 Å². The van der Waals surface area contributed by atoms with E-state index in [1.54, 1.807) is 36.6 Å². The van der Waals surface area contributed by atoms with E-state index in [1.807, 2.05) is 11.8 Å². The molecule has 0 radical (unpaired) electrons. The van der Waals surface area contributed by atoms with Crippen molar-refractivity contribution in [2.45, 2.75) is 53.1 Å². The average Bonchev–Trinajstić information content (AvgIpc) is 3.20. The van der Waals surface area contributed by atoms with E-state index in [1.165, 1.54) is 17.0 Å². The first-order valence-corrected chi connectivity index (χ1v) is 14.5. The number of thiocarbonyl (C=S) groups is 1. The molecule has 2 aliphatic heterocycles. The summed E-state index contributed by atoms with van der Waals surface area (Å²) in [6, 6.07) is 7.94. The standard InChI is InChI=1S/C29H31FN4O4S2/c1-4-12-33-25(32-13-6-7-20(17-32)28(37)38-5-2)22(18(3)23(15-31)26(33)35)14-24-27(36)34(29(39)40-24)16-19-8-10-21(30)11-9-19/h8-11,14,20H,4-7,12-13,16-17H2,1-3H3/b24-14+. The number of carbonyl (C=O) groups excluding carboxylic acids is 2. The molecule has 2 fully saturated rings. The Morgan fingerprint density at radius 3 is 2.65 bits per heavy atom. The van der Waals surface area contributed by atoms with E-state index in [0.717, 1.165) is 23.7 Å². The molecule has 4 rings (SSSR count).